The highest BCUT2D eigenvalue weighted by molar-refractivity contribution is 5.94. The third-order valence-electron chi connectivity index (χ3n) is 3.93. The molecule has 2 aromatic rings. The highest BCUT2D eigenvalue weighted by Crippen LogP contribution is 2.30. The fourth-order valence-electron chi connectivity index (χ4n) is 2.83. The maximum Gasteiger partial charge on any atom is 0.254 e. The number of aromatic nitrogens is 1. The molecule has 1 amide bonds. The Kier molecular flexibility index (Phi) is 4.34. The monoisotopic (exact) mass is 297 g/mol. The Balaban J connectivity index is 1.93. The van der Waals surface area contributed by atoms with Crippen molar-refractivity contribution in [2.45, 2.75) is 6.04 Å². The van der Waals surface area contributed by atoms with Gasteiger partial charge in [0.05, 0.1) is 13.2 Å². The number of nitrogens with one attached hydrogen (secondary N) is 1. The predicted octanol–water partition coefficient (Wildman–Crippen LogP) is 1.88. The van der Waals surface area contributed by atoms with Gasteiger partial charge in [-0.2, -0.15) is 0 Å². The number of carbonyl (C=O) groups is 1. The molecule has 0 spiro atoms. The van der Waals surface area contributed by atoms with Crippen LogP contribution in [0.25, 0.3) is 0 Å². The van der Waals surface area contributed by atoms with Gasteiger partial charge in [-0.25, -0.2) is 0 Å². The van der Waals surface area contributed by atoms with Gasteiger partial charge in [0, 0.05) is 43.2 Å². The first-order valence-corrected chi connectivity index (χ1v) is 7.36. The number of hydrogen-bond donors (Lipinski definition) is 1. The van der Waals surface area contributed by atoms with Crippen LogP contribution in [0.3, 0.4) is 0 Å². The van der Waals surface area contributed by atoms with Gasteiger partial charge in [0.2, 0.25) is 0 Å². The van der Waals surface area contributed by atoms with Crippen molar-refractivity contribution in [1.82, 2.24) is 15.2 Å². The molecule has 0 aliphatic carbocycles. The van der Waals surface area contributed by atoms with Gasteiger partial charge in [0.25, 0.3) is 5.91 Å². The molecule has 1 saturated heterocycles. The third kappa shape index (κ3) is 2.80. The summed E-state index contributed by atoms with van der Waals surface area (Å²) in [5.74, 6) is 0.837. The molecule has 1 aromatic carbocycles. The Bertz CT molecular complexity index is 645. The Morgan fingerprint density at radius 3 is 2.82 bits per heavy atom. The first-order valence-electron chi connectivity index (χ1n) is 7.36. The van der Waals surface area contributed by atoms with Crippen molar-refractivity contribution in [3.63, 3.8) is 0 Å². The second kappa shape index (κ2) is 6.58. The molecule has 1 aromatic heterocycles. The number of ether oxygens (including phenoxy) is 1. The molecule has 1 N–H and O–H groups in total. The number of hydrogen-bond acceptors (Lipinski definition) is 4. The molecule has 1 unspecified atom stereocenters. The number of amides is 1. The summed E-state index contributed by atoms with van der Waals surface area (Å²) in [5, 5.41) is 3.36. The van der Waals surface area contributed by atoms with Gasteiger partial charge >= 0.3 is 0 Å². The predicted molar refractivity (Wildman–Crippen MR) is 83.9 cm³/mol. The van der Waals surface area contributed by atoms with Crippen molar-refractivity contribution in [2.75, 3.05) is 26.7 Å². The highest BCUT2D eigenvalue weighted by atomic mass is 16.5. The van der Waals surface area contributed by atoms with Crippen LogP contribution >= 0.6 is 0 Å². The lowest BCUT2D eigenvalue weighted by molar-refractivity contribution is 0.0631. The van der Waals surface area contributed by atoms with Crippen molar-refractivity contribution < 1.29 is 9.53 Å². The first-order chi connectivity index (χ1) is 10.8. The van der Waals surface area contributed by atoms with E-state index in [0.717, 1.165) is 24.4 Å². The molecule has 0 saturated carbocycles. The molecule has 2 heterocycles. The lowest BCUT2D eigenvalue weighted by Crippen LogP contribution is -2.48. The molecule has 5 heteroatoms. The van der Waals surface area contributed by atoms with Crippen molar-refractivity contribution in [3.05, 3.63) is 59.9 Å². The normalized spacial score (nSPS) is 18.0. The standard InChI is InChI=1S/C17H19N3O2/c1-22-16-5-3-2-4-14(16)15-12-19-10-11-20(15)17(21)13-6-8-18-9-7-13/h2-9,15,19H,10-12H2,1H3. The topological polar surface area (TPSA) is 54.5 Å². The van der Waals surface area contributed by atoms with Crippen LogP contribution in [-0.4, -0.2) is 42.5 Å². The maximum absolute atomic E-state index is 12.8. The van der Waals surface area contributed by atoms with E-state index >= 15 is 0 Å². The van der Waals surface area contributed by atoms with Gasteiger partial charge in [-0.1, -0.05) is 18.2 Å². The average Bonchev–Trinajstić information content (AvgIpc) is 2.62. The number of pyridine rings is 1. The quantitative estimate of drug-likeness (QED) is 0.940. The van der Waals surface area contributed by atoms with E-state index in [1.165, 1.54) is 0 Å². The zero-order valence-electron chi connectivity index (χ0n) is 12.5. The molecule has 1 aliphatic rings. The van der Waals surface area contributed by atoms with Gasteiger partial charge in [-0.15, -0.1) is 0 Å². The smallest absolute Gasteiger partial charge is 0.254 e. The number of para-hydroxylation sites is 1. The Labute approximate surface area is 129 Å². The van der Waals surface area contributed by atoms with E-state index in [1.807, 2.05) is 29.2 Å². The molecule has 1 atom stereocenters. The Morgan fingerprint density at radius 1 is 1.27 bits per heavy atom. The molecule has 5 nitrogen and oxygen atoms in total. The fourth-order valence-corrected chi connectivity index (χ4v) is 2.83. The van der Waals surface area contributed by atoms with Crippen molar-refractivity contribution >= 4 is 5.91 Å². The van der Waals surface area contributed by atoms with E-state index < -0.39 is 0 Å². The summed E-state index contributed by atoms with van der Waals surface area (Å²) in [7, 11) is 1.66. The van der Waals surface area contributed by atoms with Crippen molar-refractivity contribution in [1.29, 1.82) is 0 Å². The Morgan fingerprint density at radius 2 is 2.05 bits per heavy atom. The number of piperazine rings is 1. The van der Waals surface area contributed by atoms with Gasteiger partial charge in [-0.3, -0.25) is 9.78 Å². The fraction of sp³-hybridized carbons (Fsp3) is 0.294. The summed E-state index contributed by atoms with van der Waals surface area (Å²) < 4.78 is 5.46. The number of methoxy groups -OCH3 is 1. The molecule has 22 heavy (non-hydrogen) atoms. The largest absolute Gasteiger partial charge is 0.496 e. The average molecular weight is 297 g/mol. The van der Waals surface area contributed by atoms with Crippen LogP contribution in [0.2, 0.25) is 0 Å². The van der Waals surface area contributed by atoms with E-state index in [4.69, 9.17) is 4.74 Å². The molecular formula is C17H19N3O2. The van der Waals surface area contributed by atoms with Crippen LogP contribution in [0.15, 0.2) is 48.8 Å². The van der Waals surface area contributed by atoms with Crippen LogP contribution < -0.4 is 10.1 Å². The lowest BCUT2D eigenvalue weighted by Gasteiger charge is -2.37. The van der Waals surface area contributed by atoms with Crippen LogP contribution in [-0.2, 0) is 0 Å². The number of rotatable bonds is 3. The number of benzene rings is 1. The first kappa shape index (κ1) is 14.5. The van der Waals surface area contributed by atoms with Gasteiger partial charge in [0.1, 0.15) is 5.75 Å². The molecule has 0 bridgehead atoms. The molecule has 114 valence electrons. The number of nitrogens with zero attached hydrogens (tertiary/aromatic N) is 2. The summed E-state index contributed by atoms with van der Waals surface area (Å²) in [4.78, 5) is 18.7. The zero-order chi connectivity index (χ0) is 15.4. The minimum Gasteiger partial charge on any atom is -0.496 e. The third-order valence-corrected chi connectivity index (χ3v) is 3.93. The summed E-state index contributed by atoms with van der Waals surface area (Å²) >= 11 is 0. The van der Waals surface area contributed by atoms with Crippen LogP contribution in [0.5, 0.6) is 5.75 Å². The highest BCUT2D eigenvalue weighted by Gasteiger charge is 2.30. The molecule has 0 radical (unpaired) electrons. The molecule has 1 fully saturated rings. The number of carbonyl (C=O) groups excluding carboxylic acids is 1. The SMILES string of the molecule is COc1ccccc1C1CNCCN1C(=O)c1ccncc1. The van der Waals surface area contributed by atoms with Crippen LogP contribution in [0.4, 0.5) is 0 Å². The molecular weight excluding hydrogens is 278 g/mol. The van der Waals surface area contributed by atoms with Crippen LogP contribution in [0.1, 0.15) is 22.0 Å². The lowest BCUT2D eigenvalue weighted by atomic mass is 10.0. The van der Waals surface area contributed by atoms with Crippen molar-refractivity contribution in [3.8, 4) is 5.75 Å². The van der Waals surface area contributed by atoms with E-state index in [1.54, 1.807) is 31.6 Å². The van der Waals surface area contributed by atoms with Gasteiger partial charge in [-0.05, 0) is 18.2 Å². The summed E-state index contributed by atoms with van der Waals surface area (Å²) in [6.45, 7) is 2.18. The Hall–Kier alpha value is -2.40. The molecule has 1 aliphatic heterocycles. The van der Waals surface area contributed by atoms with E-state index in [9.17, 15) is 4.79 Å². The minimum atomic E-state index is -0.0365. The second-order valence-corrected chi connectivity index (χ2v) is 5.20. The minimum absolute atomic E-state index is 0.0276. The van der Waals surface area contributed by atoms with Crippen LogP contribution in [0, 0.1) is 0 Å². The summed E-state index contributed by atoms with van der Waals surface area (Å²) in [5.41, 5.74) is 1.69. The van der Waals surface area contributed by atoms with Crippen molar-refractivity contribution in [2.24, 2.45) is 0 Å². The van der Waals surface area contributed by atoms with E-state index in [-0.39, 0.29) is 11.9 Å². The summed E-state index contributed by atoms with van der Waals surface area (Å²) in [6, 6.07) is 11.3. The van der Waals surface area contributed by atoms with E-state index in [2.05, 4.69) is 10.3 Å². The molecule has 3 rings (SSSR count). The van der Waals surface area contributed by atoms with Gasteiger partial charge < -0.3 is 15.0 Å². The zero-order valence-corrected chi connectivity index (χ0v) is 12.5. The van der Waals surface area contributed by atoms with Gasteiger partial charge in [0.15, 0.2) is 0 Å². The van der Waals surface area contributed by atoms with E-state index in [0.29, 0.717) is 12.1 Å². The maximum atomic E-state index is 12.8. The summed E-state index contributed by atoms with van der Waals surface area (Å²) in [6.07, 6.45) is 3.29. The second-order valence-electron chi connectivity index (χ2n) is 5.20.